The first-order valence-corrected chi connectivity index (χ1v) is 5.95. The summed E-state index contributed by atoms with van der Waals surface area (Å²) < 4.78 is 4.58. The summed E-state index contributed by atoms with van der Waals surface area (Å²) >= 11 is 5.59. The lowest BCUT2D eigenvalue weighted by Crippen LogP contribution is -2.14. The molecule has 1 amide bonds. The molecule has 1 N–H and O–H groups in total. The van der Waals surface area contributed by atoms with E-state index in [0.717, 1.165) is 0 Å². The number of esters is 1. The number of ether oxygens (including phenoxy) is 1. The van der Waals surface area contributed by atoms with Crippen molar-refractivity contribution in [2.24, 2.45) is 0 Å². The summed E-state index contributed by atoms with van der Waals surface area (Å²) in [4.78, 5) is 30.7. The van der Waals surface area contributed by atoms with Crippen LogP contribution in [0.1, 0.15) is 20.8 Å². The summed E-state index contributed by atoms with van der Waals surface area (Å²) in [7, 11) is 1.30. The van der Waals surface area contributed by atoms with Crippen LogP contribution < -0.4 is 5.32 Å². The number of anilines is 1. The lowest BCUT2D eigenvalue weighted by atomic mass is 10.2. The average Bonchev–Trinajstić information content (AvgIpc) is 2.48. The number of carbonyl (C=O) groups excluding carboxylic acids is 2. The van der Waals surface area contributed by atoms with Crippen molar-refractivity contribution in [3.05, 3.63) is 53.1 Å². The first-order chi connectivity index (χ1) is 9.60. The van der Waals surface area contributed by atoms with Crippen LogP contribution in [0.2, 0.25) is 5.15 Å². The molecule has 102 valence electrons. The number of amides is 1. The molecule has 0 fully saturated rings. The number of rotatable bonds is 3. The summed E-state index contributed by atoms with van der Waals surface area (Å²) in [6.07, 6.45) is 2.57. The van der Waals surface area contributed by atoms with Crippen LogP contribution in [-0.2, 0) is 4.74 Å². The van der Waals surface area contributed by atoms with Crippen molar-refractivity contribution in [2.75, 3.05) is 12.4 Å². The van der Waals surface area contributed by atoms with Crippen LogP contribution in [0, 0.1) is 0 Å². The van der Waals surface area contributed by atoms with Gasteiger partial charge in [-0.05, 0) is 24.3 Å². The number of carbonyl (C=O) groups is 2. The zero-order chi connectivity index (χ0) is 14.5. The maximum atomic E-state index is 11.9. The van der Waals surface area contributed by atoms with Gasteiger partial charge in [0.1, 0.15) is 10.8 Å². The van der Waals surface area contributed by atoms with Gasteiger partial charge in [0.2, 0.25) is 0 Å². The van der Waals surface area contributed by atoms with E-state index < -0.39 is 11.9 Å². The van der Waals surface area contributed by atoms with Crippen molar-refractivity contribution in [1.82, 2.24) is 9.97 Å². The number of nitrogens with one attached hydrogen (secondary N) is 1. The van der Waals surface area contributed by atoms with E-state index in [1.807, 2.05) is 0 Å². The molecular weight excluding hydrogens is 282 g/mol. The molecule has 0 atom stereocenters. The van der Waals surface area contributed by atoms with E-state index in [9.17, 15) is 9.59 Å². The Morgan fingerprint density at radius 1 is 1.15 bits per heavy atom. The van der Waals surface area contributed by atoms with Gasteiger partial charge in [-0.2, -0.15) is 0 Å². The van der Waals surface area contributed by atoms with Gasteiger partial charge in [0.15, 0.2) is 0 Å². The molecule has 7 heteroatoms. The Kier molecular flexibility index (Phi) is 4.27. The van der Waals surface area contributed by atoms with Crippen molar-refractivity contribution in [3.8, 4) is 0 Å². The second kappa shape index (κ2) is 6.12. The van der Waals surface area contributed by atoms with Crippen LogP contribution in [0.25, 0.3) is 0 Å². The number of hydrogen-bond donors (Lipinski definition) is 1. The highest BCUT2D eigenvalue weighted by atomic mass is 35.5. The van der Waals surface area contributed by atoms with Crippen LogP contribution in [-0.4, -0.2) is 29.0 Å². The Morgan fingerprint density at radius 2 is 1.85 bits per heavy atom. The molecule has 1 aromatic carbocycles. The fraction of sp³-hybridized carbons (Fsp3) is 0.0769. The monoisotopic (exact) mass is 291 g/mol. The fourth-order valence-electron chi connectivity index (χ4n) is 1.43. The smallest absolute Gasteiger partial charge is 0.337 e. The van der Waals surface area contributed by atoms with Crippen LogP contribution >= 0.6 is 11.6 Å². The summed E-state index contributed by atoms with van der Waals surface area (Å²) in [6, 6.07) is 6.28. The maximum absolute atomic E-state index is 11.9. The third-order valence-electron chi connectivity index (χ3n) is 2.42. The molecule has 0 bridgehead atoms. The van der Waals surface area contributed by atoms with Crippen molar-refractivity contribution < 1.29 is 14.3 Å². The molecule has 0 aliphatic carbocycles. The van der Waals surface area contributed by atoms with Gasteiger partial charge in [-0.15, -0.1) is 0 Å². The topological polar surface area (TPSA) is 81.2 Å². The van der Waals surface area contributed by atoms with Gasteiger partial charge in [0.25, 0.3) is 5.91 Å². The van der Waals surface area contributed by atoms with Crippen molar-refractivity contribution in [1.29, 1.82) is 0 Å². The van der Waals surface area contributed by atoms with Gasteiger partial charge in [-0.1, -0.05) is 11.6 Å². The minimum atomic E-state index is -0.438. The highest BCUT2D eigenvalue weighted by Gasteiger charge is 2.09. The van der Waals surface area contributed by atoms with Crippen molar-refractivity contribution in [3.63, 3.8) is 0 Å². The minimum Gasteiger partial charge on any atom is -0.465 e. The molecule has 2 rings (SSSR count). The molecule has 2 aromatic rings. The van der Waals surface area contributed by atoms with Crippen LogP contribution in [0.5, 0.6) is 0 Å². The van der Waals surface area contributed by atoms with E-state index in [1.54, 1.807) is 24.3 Å². The molecule has 0 radical (unpaired) electrons. The van der Waals surface area contributed by atoms with Crippen molar-refractivity contribution in [2.45, 2.75) is 0 Å². The highest BCUT2D eigenvalue weighted by molar-refractivity contribution is 6.29. The molecule has 6 nitrogen and oxygen atoms in total. The fourth-order valence-corrected chi connectivity index (χ4v) is 1.53. The Balaban J connectivity index is 2.08. The number of nitrogens with zero attached hydrogens (tertiary/aromatic N) is 2. The summed E-state index contributed by atoms with van der Waals surface area (Å²) in [5.41, 5.74) is 1.07. The number of halogens is 1. The molecule has 0 spiro atoms. The van der Waals surface area contributed by atoms with Gasteiger partial charge in [-0.25, -0.2) is 14.8 Å². The standard InChI is InChI=1S/C13H10ClN3O3/c1-20-13(19)8-2-4-9(5-3-8)17-12(18)10-6-16-11(14)7-15-10/h2-7H,1H3,(H,17,18). The molecule has 0 saturated heterocycles. The second-order valence-corrected chi connectivity index (χ2v) is 4.13. The normalized spacial score (nSPS) is 9.90. The van der Waals surface area contributed by atoms with E-state index in [2.05, 4.69) is 20.0 Å². The van der Waals surface area contributed by atoms with E-state index >= 15 is 0 Å². The highest BCUT2D eigenvalue weighted by Crippen LogP contribution is 2.11. The molecule has 0 aliphatic rings. The van der Waals surface area contributed by atoms with E-state index in [4.69, 9.17) is 11.6 Å². The van der Waals surface area contributed by atoms with Gasteiger partial charge < -0.3 is 10.1 Å². The molecule has 20 heavy (non-hydrogen) atoms. The first kappa shape index (κ1) is 14.0. The van der Waals surface area contributed by atoms with E-state index in [1.165, 1.54) is 19.5 Å². The van der Waals surface area contributed by atoms with Gasteiger partial charge in [-0.3, -0.25) is 4.79 Å². The lowest BCUT2D eigenvalue weighted by Gasteiger charge is -2.05. The predicted molar refractivity (Wildman–Crippen MR) is 72.8 cm³/mol. The zero-order valence-electron chi connectivity index (χ0n) is 10.5. The Morgan fingerprint density at radius 3 is 2.40 bits per heavy atom. The lowest BCUT2D eigenvalue weighted by molar-refractivity contribution is 0.0600. The Hall–Kier alpha value is -2.47. The van der Waals surface area contributed by atoms with Crippen LogP contribution in [0.4, 0.5) is 5.69 Å². The van der Waals surface area contributed by atoms with Gasteiger partial charge >= 0.3 is 5.97 Å². The largest absolute Gasteiger partial charge is 0.465 e. The quantitative estimate of drug-likeness (QED) is 0.877. The SMILES string of the molecule is COC(=O)c1ccc(NC(=O)c2cnc(Cl)cn2)cc1. The molecule has 0 aliphatic heterocycles. The molecule has 0 unspecified atom stereocenters. The number of aromatic nitrogens is 2. The average molecular weight is 292 g/mol. The first-order valence-electron chi connectivity index (χ1n) is 5.57. The Bertz CT molecular complexity index is 626. The number of methoxy groups -OCH3 is 1. The maximum Gasteiger partial charge on any atom is 0.337 e. The third kappa shape index (κ3) is 3.30. The zero-order valence-corrected chi connectivity index (χ0v) is 11.2. The number of hydrogen-bond acceptors (Lipinski definition) is 5. The predicted octanol–water partition coefficient (Wildman–Crippen LogP) is 2.17. The van der Waals surface area contributed by atoms with Gasteiger partial charge in [0.05, 0.1) is 25.1 Å². The van der Waals surface area contributed by atoms with E-state index in [0.29, 0.717) is 11.3 Å². The Labute approximate surface area is 119 Å². The summed E-state index contributed by atoms with van der Waals surface area (Å²) in [6.45, 7) is 0. The second-order valence-electron chi connectivity index (χ2n) is 3.75. The summed E-state index contributed by atoms with van der Waals surface area (Å²) in [5, 5.41) is 2.84. The van der Waals surface area contributed by atoms with Crippen LogP contribution in [0.3, 0.4) is 0 Å². The molecule has 1 heterocycles. The minimum absolute atomic E-state index is 0.145. The molecular formula is C13H10ClN3O3. The van der Waals surface area contributed by atoms with Gasteiger partial charge in [0, 0.05) is 5.69 Å². The van der Waals surface area contributed by atoms with Crippen molar-refractivity contribution >= 4 is 29.2 Å². The third-order valence-corrected chi connectivity index (χ3v) is 2.61. The number of benzene rings is 1. The summed E-state index contributed by atoms with van der Waals surface area (Å²) in [5.74, 6) is -0.855. The molecule has 0 saturated carbocycles. The van der Waals surface area contributed by atoms with Crippen LogP contribution in [0.15, 0.2) is 36.7 Å². The molecule has 1 aromatic heterocycles. The van der Waals surface area contributed by atoms with E-state index in [-0.39, 0.29) is 10.8 Å².